The number of aromatic nitrogens is 3. The van der Waals surface area contributed by atoms with Gasteiger partial charge in [-0.15, -0.1) is 10.2 Å². The van der Waals surface area contributed by atoms with Gasteiger partial charge in [0.15, 0.2) is 11.0 Å². The Labute approximate surface area is 196 Å². The van der Waals surface area contributed by atoms with Crippen LogP contribution in [0.5, 0.6) is 0 Å². The Hall–Kier alpha value is -3.09. The van der Waals surface area contributed by atoms with Crippen molar-refractivity contribution in [2.45, 2.75) is 25.9 Å². The molecule has 4 aromatic rings. The van der Waals surface area contributed by atoms with Crippen molar-refractivity contribution in [3.05, 3.63) is 88.4 Å². The largest absolute Gasteiger partial charge is 0.325 e. The van der Waals surface area contributed by atoms with Gasteiger partial charge in [-0.25, -0.2) is 0 Å². The normalized spacial score (nSPS) is 10.9. The van der Waals surface area contributed by atoms with Crippen LogP contribution in [0.4, 0.5) is 5.69 Å². The standard InChI is InChI=1S/C25H23ClN4OS/c1-16-7-13-21(14-8-16)30-24(19-9-11-20(26)12-10-19)28-29-25(30)32-15-23(31)27-22-6-4-5-17(2)18(22)3/h4-14H,15H2,1-3H3,(H,27,31). The second-order valence-corrected chi connectivity index (χ2v) is 8.95. The molecule has 32 heavy (non-hydrogen) atoms. The summed E-state index contributed by atoms with van der Waals surface area (Å²) in [5, 5.41) is 13.1. The van der Waals surface area contributed by atoms with Gasteiger partial charge in [-0.05, 0) is 74.4 Å². The first-order valence-corrected chi connectivity index (χ1v) is 11.6. The summed E-state index contributed by atoms with van der Waals surface area (Å²) in [6.07, 6.45) is 0. The van der Waals surface area contributed by atoms with Gasteiger partial charge < -0.3 is 5.32 Å². The van der Waals surface area contributed by atoms with E-state index in [1.165, 1.54) is 11.8 Å². The van der Waals surface area contributed by atoms with E-state index in [4.69, 9.17) is 11.6 Å². The number of hydrogen-bond acceptors (Lipinski definition) is 4. The molecule has 0 aliphatic carbocycles. The third kappa shape index (κ3) is 4.87. The fraction of sp³-hybridized carbons (Fsp3) is 0.160. The molecule has 7 heteroatoms. The maximum absolute atomic E-state index is 12.7. The fourth-order valence-electron chi connectivity index (χ4n) is 3.28. The van der Waals surface area contributed by atoms with Crippen molar-refractivity contribution < 1.29 is 4.79 Å². The van der Waals surface area contributed by atoms with Gasteiger partial charge in [-0.3, -0.25) is 9.36 Å². The maximum atomic E-state index is 12.7. The molecule has 0 fully saturated rings. The number of aryl methyl sites for hydroxylation is 2. The predicted octanol–water partition coefficient (Wildman–Crippen LogP) is 6.24. The average molecular weight is 463 g/mol. The van der Waals surface area contributed by atoms with Gasteiger partial charge in [0.1, 0.15) is 0 Å². The smallest absolute Gasteiger partial charge is 0.234 e. The maximum Gasteiger partial charge on any atom is 0.234 e. The van der Waals surface area contributed by atoms with E-state index >= 15 is 0 Å². The second kappa shape index (κ2) is 9.59. The Kier molecular flexibility index (Phi) is 6.63. The lowest BCUT2D eigenvalue weighted by Gasteiger charge is -2.12. The van der Waals surface area contributed by atoms with E-state index in [1.807, 2.05) is 92.1 Å². The highest BCUT2D eigenvalue weighted by Gasteiger charge is 2.17. The third-order valence-corrected chi connectivity index (χ3v) is 6.42. The first-order valence-electron chi connectivity index (χ1n) is 10.2. The molecular formula is C25H23ClN4OS. The zero-order valence-corrected chi connectivity index (χ0v) is 19.7. The summed E-state index contributed by atoms with van der Waals surface area (Å²) >= 11 is 7.41. The Morgan fingerprint density at radius 3 is 2.41 bits per heavy atom. The molecule has 0 saturated heterocycles. The number of benzene rings is 3. The Balaban J connectivity index is 1.60. The molecule has 4 rings (SSSR count). The summed E-state index contributed by atoms with van der Waals surface area (Å²) in [5.41, 5.74) is 6.03. The van der Waals surface area contributed by atoms with Crippen LogP contribution in [-0.2, 0) is 4.79 Å². The number of hydrogen-bond donors (Lipinski definition) is 1. The fourth-order valence-corrected chi connectivity index (χ4v) is 4.16. The Bertz CT molecular complexity index is 1250. The number of nitrogens with zero attached hydrogens (tertiary/aromatic N) is 3. The topological polar surface area (TPSA) is 59.8 Å². The van der Waals surface area contributed by atoms with Crippen LogP contribution in [0.25, 0.3) is 17.1 Å². The van der Waals surface area contributed by atoms with Crippen LogP contribution >= 0.6 is 23.4 Å². The van der Waals surface area contributed by atoms with E-state index < -0.39 is 0 Å². The minimum atomic E-state index is -0.0878. The molecule has 5 nitrogen and oxygen atoms in total. The molecule has 0 saturated carbocycles. The van der Waals surface area contributed by atoms with Gasteiger partial charge in [0.25, 0.3) is 0 Å². The zero-order valence-electron chi connectivity index (χ0n) is 18.1. The number of rotatable bonds is 6. The second-order valence-electron chi connectivity index (χ2n) is 7.57. The van der Waals surface area contributed by atoms with Crippen molar-refractivity contribution in [1.82, 2.24) is 14.8 Å². The van der Waals surface area contributed by atoms with E-state index in [1.54, 1.807) is 0 Å². The number of carbonyl (C=O) groups is 1. The van der Waals surface area contributed by atoms with Gasteiger partial charge in [-0.1, -0.05) is 53.2 Å². The highest BCUT2D eigenvalue weighted by molar-refractivity contribution is 7.99. The van der Waals surface area contributed by atoms with E-state index in [2.05, 4.69) is 15.5 Å². The van der Waals surface area contributed by atoms with Crippen LogP contribution in [0.2, 0.25) is 5.02 Å². The summed E-state index contributed by atoms with van der Waals surface area (Å²) in [6.45, 7) is 6.08. The summed E-state index contributed by atoms with van der Waals surface area (Å²) in [4.78, 5) is 12.7. The number of nitrogens with one attached hydrogen (secondary N) is 1. The summed E-state index contributed by atoms with van der Waals surface area (Å²) in [5.74, 6) is 0.830. The first kappa shape index (κ1) is 22.1. The molecule has 0 unspecified atom stereocenters. The van der Waals surface area contributed by atoms with E-state index in [0.717, 1.165) is 33.6 Å². The van der Waals surface area contributed by atoms with Crippen LogP contribution in [-0.4, -0.2) is 26.4 Å². The van der Waals surface area contributed by atoms with Gasteiger partial charge in [-0.2, -0.15) is 0 Å². The third-order valence-electron chi connectivity index (χ3n) is 5.24. The number of anilines is 1. The van der Waals surface area contributed by atoms with Gasteiger partial charge >= 0.3 is 0 Å². The number of amides is 1. The quantitative estimate of drug-likeness (QED) is 0.344. The predicted molar refractivity (Wildman–Crippen MR) is 132 cm³/mol. The first-order chi connectivity index (χ1) is 15.4. The van der Waals surface area contributed by atoms with Crippen molar-refractivity contribution in [2.24, 2.45) is 0 Å². The van der Waals surface area contributed by atoms with E-state index in [-0.39, 0.29) is 11.7 Å². The molecule has 1 N–H and O–H groups in total. The molecule has 0 aliphatic rings. The average Bonchev–Trinajstić information content (AvgIpc) is 3.20. The molecule has 1 amide bonds. The van der Waals surface area contributed by atoms with Crippen molar-refractivity contribution in [3.63, 3.8) is 0 Å². The van der Waals surface area contributed by atoms with Gasteiger partial charge in [0.2, 0.25) is 5.91 Å². The summed E-state index contributed by atoms with van der Waals surface area (Å²) < 4.78 is 1.97. The lowest BCUT2D eigenvalue weighted by atomic mass is 10.1. The Morgan fingerprint density at radius 1 is 0.969 bits per heavy atom. The lowest BCUT2D eigenvalue weighted by Crippen LogP contribution is -2.15. The minimum Gasteiger partial charge on any atom is -0.325 e. The summed E-state index contributed by atoms with van der Waals surface area (Å²) in [6, 6.07) is 21.5. The molecule has 162 valence electrons. The molecule has 0 aliphatic heterocycles. The molecule has 0 radical (unpaired) electrons. The van der Waals surface area contributed by atoms with Crippen molar-refractivity contribution in [3.8, 4) is 17.1 Å². The SMILES string of the molecule is Cc1ccc(-n2c(SCC(=O)Nc3cccc(C)c3C)nnc2-c2ccc(Cl)cc2)cc1. The van der Waals surface area contributed by atoms with Crippen LogP contribution in [0.15, 0.2) is 71.9 Å². The van der Waals surface area contributed by atoms with Crippen LogP contribution < -0.4 is 5.32 Å². The van der Waals surface area contributed by atoms with Crippen LogP contribution in [0.1, 0.15) is 16.7 Å². The highest BCUT2D eigenvalue weighted by atomic mass is 35.5. The zero-order chi connectivity index (χ0) is 22.7. The highest BCUT2D eigenvalue weighted by Crippen LogP contribution is 2.29. The van der Waals surface area contributed by atoms with Gasteiger partial charge in [0.05, 0.1) is 5.75 Å². The molecular weight excluding hydrogens is 440 g/mol. The summed E-state index contributed by atoms with van der Waals surface area (Å²) in [7, 11) is 0. The van der Waals surface area contributed by atoms with Gasteiger partial charge in [0, 0.05) is 22.0 Å². The van der Waals surface area contributed by atoms with Crippen molar-refractivity contribution in [1.29, 1.82) is 0 Å². The molecule has 1 heterocycles. The minimum absolute atomic E-state index is 0.0878. The number of carbonyl (C=O) groups excluding carboxylic acids is 1. The molecule has 0 atom stereocenters. The molecule has 0 bridgehead atoms. The van der Waals surface area contributed by atoms with Crippen molar-refractivity contribution in [2.75, 3.05) is 11.1 Å². The molecule has 0 spiro atoms. The Morgan fingerprint density at radius 2 is 1.69 bits per heavy atom. The van der Waals surface area contributed by atoms with Crippen molar-refractivity contribution >= 4 is 35.0 Å². The molecule has 1 aromatic heterocycles. The lowest BCUT2D eigenvalue weighted by molar-refractivity contribution is -0.113. The van der Waals surface area contributed by atoms with E-state index in [0.29, 0.717) is 16.0 Å². The van der Waals surface area contributed by atoms with Crippen LogP contribution in [0.3, 0.4) is 0 Å². The van der Waals surface area contributed by atoms with Crippen LogP contribution in [0, 0.1) is 20.8 Å². The number of halogens is 1. The monoisotopic (exact) mass is 462 g/mol. The number of thioether (sulfide) groups is 1. The van der Waals surface area contributed by atoms with E-state index in [9.17, 15) is 4.79 Å². The molecule has 3 aromatic carbocycles.